The molecular weight excluding hydrogens is 378 g/mol. The predicted molar refractivity (Wildman–Crippen MR) is 101 cm³/mol. The van der Waals surface area contributed by atoms with Crippen molar-refractivity contribution >= 4 is 51.8 Å². The van der Waals surface area contributed by atoms with E-state index in [0.29, 0.717) is 22.7 Å². The normalized spacial score (nSPS) is 16.4. The molecule has 1 amide bonds. The van der Waals surface area contributed by atoms with Gasteiger partial charge in [-0.05, 0) is 40.1 Å². The summed E-state index contributed by atoms with van der Waals surface area (Å²) in [5, 5.41) is 17.1. The highest BCUT2D eigenvalue weighted by molar-refractivity contribution is 7.15. The van der Waals surface area contributed by atoms with Gasteiger partial charge in [0.05, 0.1) is 5.69 Å². The van der Waals surface area contributed by atoms with Gasteiger partial charge in [0.1, 0.15) is 4.88 Å². The first-order valence-electron chi connectivity index (χ1n) is 7.52. The fraction of sp³-hybridized carbons (Fsp3) is 0.111. The topological polar surface area (TPSA) is 66.4 Å². The number of aromatic carboxylic acids is 1. The summed E-state index contributed by atoms with van der Waals surface area (Å²) in [6.07, 6.45) is 0.323. The number of fused-ring (bicyclic) bond motifs is 1. The molecule has 1 atom stereocenters. The van der Waals surface area contributed by atoms with E-state index in [2.05, 4.69) is 5.32 Å². The second kappa shape index (κ2) is 6.29. The minimum Gasteiger partial charge on any atom is -0.477 e. The van der Waals surface area contributed by atoms with Crippen molar-refractivity contribution < 1.29 is 14.7 Å². The Morgan fingerprint density at radius 2 is 2.00 bits per heavy atom. The van der Waals surface area contributed by atoms with Gasteiger partial charge in [-0.2, -0.15) is 11.3 Å². The zero-order chi connectivity index (χ0) is 17.6. The van der Waals surface area contributed by atoms with Crippen LogP contribution in [0.4, 0.5) is 5.69 Å². The maximum atomic E-state index is 12.3. The predicted octanol–water partition coefficient (Wildman–Crippen LogP) is 5.30. The maximum Gasteiger partial charge on any atom is 0.346 e. The first-order valence-corrected chi connectivity index (χ1v) is 9.66. The van der Waals surface area contributed by atoms with Crippen LogP contribution in [0, 0.1) is 0 Å². The number of carbonyl (C=O) groups excluding carboxylic acids is 1. The lowest BCUT2D eigenvalue weighted by Gasteiger charge is -2.23. The van der Waals surface area contributed by atoms with Gasteiger partial charge in [-0.3, -0.25) is 4.79 Å². The van der Waals surface area contributed by atoms with Gasteiger partial charge in [0.25, 0.3) is 0 Å². The van der Waals surface area contributed by atoms with Gasteiger partial charge in [-0.1, -0.05) is 23.7 Å². The number of anilines is 1. The van der Waals surface area contributed by atoms with Gasteiger partial charge in [-0.25, -0.2) is 4.79 Å². The number of rotatable bonds is 3. The molecular formula is C18H12ClNO3S2. The number of benzene rings is 1. The summed E-state index contributed by atoms with van der Waals surface area (Å²) in [6, 6.07) is 8.97. The lowest BCUT2D eigenvalue weighted by atomic mass is 9.90. The lowest BCUT2D eigenvalue weighted by Crippen LogP contribution is -2.22. The number of carbonyl (C=O) groups is 2. The molecule has 0 aliphatic carbocycles. The van der Waals surface area contributed by atoms with Gasteiger partial charge >= 0.3 is 5.97 Å². The maximum absolute atomic E-state index is 12.3. The molecule has 0 spiro atoms. The Kier molecular flexibility index (Phi) is 4.11. The molecule has 3 heterocycles. The van der Waals surface area contributed by atoms with Crippen LogP contribution in [0.1, 0.15) is 32.5 Å². The molecule has 25 heavy (non-hydrogen) atoms. The van der Waals surface area contributed by atoms with Crippen molar-refractivity contribution in [2.45, 2.75) is 12.3 Å². The molecule has 0 saturated heterocycles. The smallest absolute Gasteiger partial charge is 0.346 e. The Morgan fingerprint density at radius 3 is 2.64 bits per heavy atom. The van der Waals surface area contributed by atoms with Crippen LogP contribution in [0.5, 0.6) is 0 Å². The van der Waals surface area contributed by atoms with Gasteiger partial charge in [0.15, 0.2) is 0 Å². The zero-order valence-electron chi connectivity index (χ0n) is 12.8. The summed E-state index contributed by atoms with van der Waals surface area (Å²) in [4.78, 5) is 25.2. The fourth-order valence-corrected chi connectivity index (χ4v) is 5.16. The van der Waals surface area contributed by atoms with Gasteiger partial charge in [-0.15, -0.1) is 11.3 Å². The Hall–Kier alpha value is -2.15. The molecule has 2 aromatic heterocycles. The Balaban J connectivity index is 1.95. The number of thiophene rings is 2. The Morgan fingerprint density at radius 1 is 1.24 bits per heavy atom. The minimum atomic E-state index is -0.998. The number of nitrogens with one attached hydrogen (secondary N) is 1. The van der Waals surface area contributed by atoms with Crippen LogP contribution in [0.25, 0.3) is 11.1 Å². The third-order valence-corrected chi connectivity index (χ3v) is 6.42. The largest absolute Gasteiger partial charge is 0.477 e. The van der Waals surface area contributed by atoms with Crippen LogP contribution in [-0.2, 0) is 4.79 Å². The van der Waals surface area contributed by atoms with E-state index in [1.165, 1.54) is 11.3 Å². The molecule has 1 aromatic carbocycles. The molecule has 0 fully saturated rings. The number of amides is 1. The van der Waals surface area contributed by atoms with Crippen molar-refractivity contribution in [3.05, 3.63) is 61.4 Å². The van der Waals surface area contributed by atoms with Crippen molar-refractivity contribution in [1.82, 2.24) is 0 Å². The third kappa shape index (κ3) is 2.86. The quantitative estimate of drug-likeness (QED) is 0.638. The van der Waals surface area contributed by atoms with E-state index < -0.39 is 5.97 Å². The molecule has 4 nitrogen and oxygen atoms in total. The van der Waals surface area contributed by atoms with Crippen LogP contribution in [0.15, 0.2) is 41.1 Å². The highest BCUT2D eigenvalue weighted by Gasteiger charge is 2.34. The Bertz CT molecular complexity index is 961. The molecule has 0 saturated carbocycles. The van der Waals surface area contributed by atoms with Crippen molar-refractivity contribution in [2.75, 3.05) is 5.32 Å². The second-order valence-corrected chi connectivity index (χ2v) is 7.99. The zero-order valence-corrected chi connectivity index (χ0v) is 15.2. The second-order valence-electron chi connectivity index (χ2n) is 5.72. The Labute approximate surface area is 156 Å². The van der Waals surface area contributed by atoms with Gasteiger partial charge < -0.3 is 10.4 Å². The molecule has 1 aliphatic heterocycles. The monoisotopic (exact) mass is 389 g/mol. The first kappa shape index (κ1) is 16.3. The molecule has 2 N–H and O–H groups in total. The molecule has 1 unspecified atom stereocenters. The van der Waals surface area contributed by atoms with E-state index in [4.69, 9.17) is 11.6 Å². The van der Waals surface area contributed by atoms with Crippen LogP contribution < -0.4 is 5.32 Å². The summed E-state index contributed by atoms with van der Waals surface area (Å²) >= 11 is 8.75. The van der Waals surface area contributed by atoms with Crippen LogP contribution >= 0.6 is 34.3 Å². The van der Waals surface area contributed by atoms with E-state index in [1.54, 1.807) is 35.6 Å². The van der Waals surface area contributed by atoms with Crippen LogP contribution in [0.2, 0.25) is 5.02 Å². The average Bonchev–Trinajstić information content (AvgIpc) is 3.22. The summed E-state index contributed by atoms with van der Waals surface area (Å²) in [5.41, 5.74) is 2.93. The average molecular weight is 390 g/mol. The van der Waals surface area contributed by atoms with Crippen molar-refractivity contribution in [2.24, 2.45) is 0 Å². The third-order valence-electron chi connectivity index (χ3n) is 4.18. The SMILES string of the molecule is O=C1CC(c2ccsc2)c2sc(C(=O)O)c(-c3ccc(Cl)cc3)c2N1. The van der Waals surface area contributed by atoms with E-state index in [-0.39, 0.29) is 16.7 Å². The standard InChI is InChI=1S/C18H12ClNO3S2/c19-11-3-1-9(2-4-11)14-15-16(25-17(14)18(22)23)12(7-13(21)20-15)10-5-6-24-8-10/h1-6,8,12H,7H2,(H,20,21)(H,22,23). The number of halogens is 1. The first-order chi connectivity index (χ1) is 12.0. The molecule has 0 bridgehead atoms. The molecule has 3 aromatic rings. The molecule has 7 heteroatoms. The van der Waals surface area contributed by atoms with Crippen molar-refractivity contribution in [3.8, 4) is 11.1 Å². The number of carboxylic acid groups (broad SMARTS) is 1. The number of hydrogen-bond donors (Lipinski definition) is 2. The highest BCUT2D eigenvalue weighted by Crippen LogP contribution is 2.49. The number of carboxylic acids is 1. The van der Waals surface area contributed by atoms with Crippen LogP contribution in [0.3, 0.4) is 0 Å². The van der Waals surface area contributed by atoms with Gasteiger partial charge in [0.2, 0.25) is 5.91 Å². The molecule has 4 rings (SSSR count). The van der Waals surface area contributed by atoms with Gasteiger partial charge in [0, 0.05) is 27.8 Å². The van der Waals surface area contributed by atoms with Crippen molar-refractivity contribution in [1.29, 1.82) is 0 Å². The summed E-state index contributed by atoms with van der Waals surface area (Å²) in [5.74, 6) is -1.21. The van der Waals surface area contributed by atoms with E-state index in [1.807, 2.05) is 16.8 Å². The summed E-state index contributed by atoms with van der Waals surface area (Å²) < 4.78 is 0. The number of hydrogen-bond acceptors (Lipinski definition) is 4. The summed E-state index contributed by atoms with van der Waals surface area (Å²) in [6.45, 7) is 0. The fourth-order valence-electron chi connectivity index (χ4n) is 3.07. The van der Waals surface area contributed by atoms with E-state index >= 15 is 0 Å². The van der Waals surface area contributed by atoms with E-state index in [0.717, 1.165) is 16.0 Å². The summed E-state index contributed by atoms with van der Waals surface area (Å²) in [7, 11) is 0. The lowest BCUT2D eigenvalue weighted by molar-refractivity contribution is -0.116. The van der Waals surface area contributed by atoms with E-state index in [9.17, 15) is 14.7 Å². The van der Waals surface area contributed by atoms with Crippen molar-refractivity contribution in [3.63, 3.8) is 0 Å². The molecule has 0 radical (unpaired) electrons. The van der Waals surface area contributed by atoms with Crippen LogP contribution in [-0.4, -0.2) is 17.0 Å². The molecule has 1 aliphatic rings. The molecule has 126 valence electrons. The minimum absolute atomic E-state index is 0.103. The highest BCUT2D eigenvalue weighted by atomic mass is 35.5.